The van der Waals surface area contributed by atoms with Crippen LogP contribution >= 0.6 is 0 Å². The Morgan fingerprint density at radius 2 is 1.32 bits per heavy atom. The summed E-state index contributed by atoms with van der Waals surface area (Å²) in [7, 11) is 0. The number of anilines is 1. The minimum Gasteiger partial charge on any atom is -0.489 e. The maximum absolute atomic E-state index is 13.6. The summed E-state index contributed by atoms with van der Waals surface area (Å²) in [6.07, 6.45) is -10.5. The van der Waals surface area contributed by atoms with Gasteiger partial charge < -0.3 is 14.8 Å². The van der Waals surface area contributed by atoms with E-state index in [2.05, 4.69) is 10.1 Å². The molecule has 182 valence electrons. The molecule has 0 spiro atoms. The van der Waals surface area contributed by atoms with E-state index in [0.717, 1.165) is 18.2 Å². The van der Waals surface area contributed by atoms with Crippen molar-refractivity contribution in [2.45, 2.75) is 31.6 Å². The van der Waals surface area contributed by atoms with E-state index in [1.165, 1.54) is 18.2 Å². The molecule has 11 heteroatoms. The van der Waals surface area contributed by atoms with E-state index in [1.807, 2.05) is 0 Å². The Morgan fingerprint density at radius 3 is 2.03 bits per heavy atom. The maximum atomic E-state index is 13.6. The SMILES string of the molecule is FC(F)(F)Oc1cccc(COc2cccc(NCc3cccc(C(F)(F)C(F)(F)F)c3)c2)c1. The highest BCUT2D eigenvalue weighted by Gasteiger charge is 2.58. The van der Waals surface area contributed by atoms with Crippen molar-refractivity contribution in [3.05, 3.63) is 89.5 Å². The molecule has 0 heterocycles. The standard InChI is InChI=1S/C23H17F8NO2/c24-21(25,22(26,27)28)17-6-1-4-15(10-17)13-32-18-7-3-8-19(12-18)33-14-16-5-2-9-20(11-16)34-23(29,30)31/h1-12,32H,13-14H2. The van der Waals surface area contributed by atoms with E-state index >= 15 is 0 Å². The summed E-state index contributed by atoms with van der Waals surface area (Å²) in [6, 6.07) is 15.6. The Kier molecular flexibility index (Phi) is 7.23. The van der Waals surface area contributed by atoms with Gasteiger partial charge in [0.05, 0.1) is 0 Å². The molecular formula is C23H17F8NO2. The molecule has 0 radical (unpaired) electrons. The molecule has 3 aromatic rings. The molecule has 0 saturated carbocycles. The zero-order valence-corrected chi connectivity index (χ0v) is 17.2. The summed E-state index contributed by atoms with van der Waals surface area (Å²) >= 11 is 0. The van der Waals surface area contributed by atoms with Crippen molar-refractivity contribution in [3.8, 4) is 11.5 Å². The van der Waals surface area contributed by atoms with Gasteiger partial charge >= 0.3 is 18.5 Å². The van der Waals surface area contributed by atoms with Gasteiger partial charge in [0.2, 0.25) is 0 Å². The van der Waals surface area contributed by atoms with Crippen LogP contribution in [0.5, 0.6) is 11.5 Å². The molecule has 0 aliphatic carbocycles. The molecule has 0 aliphatic rings. The number of hydrogen-bond acceptors (Lipinski definition) is 3. The Labute approximate surface area is 188 Å². The second-order valence-corrected chi connectivity index (χ2v) is 7.14. The van der Waals surface area contributed by atoms with E-state index in [4.69, 9.17) is 4.74 Å². The van der Waals surface area contributed by atoms with Crippen LogP contribution in [0, 0.1) is 0 Å². The third-order valence-corrected chi connectivity index (χ3v) is 4.51. The number of halogens is 8. The van der Waals surface area contributed by atoms with Gasteiger partial charge in [-0.1, -0.05) is 36.4 Å². The van der Waals surface area contributed by atoms with Gasteiger partial charge in [0, 0.05) is 23.9 Å². The van der Waals surface area contributed by atoms with Crippen LogP contribution in [0.3, 0.4) is 0 Å². The number of nitrogens with one attached hydrogen (secondary N) is 1. The Morgan fingerprint density at radius 1 is 0.676 bits per heavy atom. The van der Waals surface area contributed by atoms with E-state index in [9.17, 15) is 35.1 Å². The van der Waals surface area contributed by atoms with Crippen molar-refractivity contribution < 1.29 is 44.6 Å². The third-order valence-electron chi connectivity index (χ3n) is 4.51. The lowest BCUT2D eigenvalue weighted by atomic mass is 10.0. The monoisotopic (exact) mass is 491 g/mol. The highest BCUT2D eigenvalue weighted by atomic mass is 19.4. The summed E-state index contributed by atoms with van der Waals surface area (Å²) in [5.41, 5.74) is -0.0514. The lowest BCUT2D eigenvalue weighted by Gasteiger charge is -2.20. The number of alkyl halides is 8. The predicted molar refractivity (Wildman–Crippen MR) is 108 cm³/mol. The van der Waals surface area contributed by atoms with Gasteiger partial charge in [0.1, 0.15) is 18.1 Å². The Bertz CT molecular complexity index is 1110. The van der Waals surface area contributed by atoms with Crippen LogP contribution in [0.2, 0.25) is 0 Å². The molecule has 0 amide bonds. The topological polar surface area (TPSA) is 30.5 Å². The third kappa shape index (κ3) is 6.75. The molecule has 0 atom stereocenters. The van der Waals surface area contributed by atoms with Crippen LogP contribution in [-0.2, 0) is 19.1 Å². The molecule has 3 nitrogen and oxygen atoms in total. The lowest BCUT2D eigenvalue weighted by Crippen LogP contribution is -2.33. The van der Waals surface area contributed by atoms with Crippen molar-refractivity contribution >= 4 is 5.69 Å². The van der Waals surface area contributed by atoms with E-state index in [0.29, 0.717) is 23.1 Å². The highest BCUT2D eigenvalue weighted by Crippen LogP contribution is 2.43. The van der Waals surface area contributed by atoms with Crippen LogP contribution in [-0.4, -0.2) is 12.5 Å². The first-order valence-electron chi connectivity index (χ1n) is 9.69. The fourth-order valence-corrected chi connectivity index (χ4v) is 2.94. The van der Waals surface area contributed by atoms with E-state index in [1.54, 1.807) is 30.3 Å². The Hall–Kier alpha value is -3.50. The molecule has 0 saturated heterocycles. The summed E-state index contributed by atoms with van der Waals surface area (Å²) < 4.78 is 111. The molecule has 0 fully saturated rings. The lowest BCUT2D eigenvalue weighted by molar-refractivity contribution is -0.289. The summed E-state index contributed by atoms with van der Waals surface area (Å²) in [6.45, 7) is -0.102. The predicted octanol–water partition coefficient (Wildman–Crippen LogP) is 7.43. The molecule has 0 aliphatic heterocycles. The molecule has 0 aromatic heterocycles. The molecule has 0 bridgehead atoms. The molecular weight excluding hydrogens is 474 g/mol. The zero-order chi connectivity index (χ0) is 25.0. The average Bonchev–Trinajstić information content (AvgIpc) is 2.75. The summed E-state index contributed by atoms with van der Waals surface area (Å²) in [5.74, 6) is -5.01. The average molecular weight is 491 g/mol. The first kappa shape index (κ1) is 25.1. The number of ether oxygens (including phenoxy) is 2. The quantitative estimate of drug-likeness (QED) is 0.333. The van der Waals surface area contributed by atoms with Gasteiger partial charge in [-0.2, -0.15) is 22.0 Å². The van der Waals surface area contributed by atoms with Gasteiger partial charge in [-0.25, -0.2) is 0 Å². The van der Waals surface area contributed by atoms with Crippen LogP contribution in [0.4, 0.5) is 40.8 Å². The number of hydrogen-bond donors (Lipinski definition) is 1. The second-order valence-electron chi connectivity index (χ2n) is 7.14. The van der Waals surface area contributed by atoms with E-state index in [-0.39, 0.29) is 24.5 Å². The van der Waals surface area contributed by atoms with E-state index < -0.39 is 24.0 Å². The minimum absolute atomic E-state index is 0.0396. The number of benzene rings is 3. The minimum atomic E-state index is -5.71. The normalized spacial score (nSPS) is 12.4. The maximum Gasteiger partial charge on any atom is 0.573 e. The molecule has 34 heavy (non-hydrogen) atoms. The van der Waals surface area contributed by atoms with Crippen molar-refractivity contribution in [3.63, 3.8) is 0 Å². The Balaban J connectivity index is 1.62. The van der Waals surface area contributed by atoms with Crippen LogP contribution < -0.4 is 14.8 Å². The van der Waals surface area contributed by atoms with Gasteiger partial charge in [-0.05, 0) is 41.5 Å². The highest BCUT2D eigenvalue weighted by molar-refractivity contribution is 5.49. The largest absolute Gasteiger partial charge is 0.573 e. The van der Waals surface area contributed by atoms with Crippen molar-refractivity contribution in [1.82, 2.24) is 0 Å². The fourth-order valence-electron chi connectivity index (χ4n) is 2.94. The van der Waals surface area contributed by atoms with Gasteiger partial charge in [-0.3, -0.25) is 0 Å². The summed E-state index contributed by atoms with van der Waals surface area (Å²) in [5, 5.41) is 2.90. The summed E-state index contributed by atoms with van der Waals surface area (Å²) in [4.78, 5) is 0. The number of rotatable bonds is 8. The van der Waals surface area contributed by atoms with Crippen LogP contribution in [0.1, 0.15) is 16.7 Å². The van der Waals surface area contributed by atoms with Crippen molar-refractivity contribution in [2.24, 2.45) is 0 Å². The first-order valence-corrected chi connectivity index (χ1v) is 9.69. The second kappa shape index (κ2) is 9.78. The zero-order valence-electron chi connectivity index (χ0n) is 17.2. The van der Waals surface area contributed by atoms with Gasteiger partial charge in [0.25, 0.3) is 0 Å². The van der Waals surface area contributed by atoms with Crippen LogP contribution in [0.15, 0.2) is 72.8 Å². The molecule has 1 N–H and O–H groups in total. The van der Waals surface area contributed by atoms with Crippen LogP contribution in [0.25, 0.3) is 0 Å². The fraction of sp³-hybridized carbons (Fsp3) is 0.217. The van der Waals surface area contributed by atoms with Crippen molar-refractivity contribution in [1.29, 1.82) is 0 Å². The molecule has 3 aromatic carbocycles. The van der Waals surface area contributed by atoms with Gasteiger partial charge in [0.15, 0.2) is 0 Å². The first-order chi connectivity index (χ1) is 15.8. The smallest absolute Gasteiger partial charge is 0.489 e. The molecule has 3 rings (SSSR count). The van der Waals surface area contributed by atoms with Crippen molar-refractivity contribution in [2.75, 3.05) is 5.32 Å². The molecule has 0 unspecified atom stereocenters. The van der Waals surface area contributed by atoms with Gasteiger partial charge in [-0.15, -0.1) is 13.2 Å².